The summed E-state index contributed by atoms with van der Waals surface area (Å²) in [6, 6.07) is 0. The monoisotopic (exact) mass is 117 g/mol. The van der Waals surface area contributed by atoms with Crippen molar-refractivity contribution < 1.29 is 4.39 Å². The molecular weight excluding hydrogens is 105 g/mol. The van der Waals surface area contributed by atoms with Gasteiger partial charge in [0.2, 0.25) is 0 Å². The Balaban J connectivity index is 3.29. The molecule has 0 aromatic heterocycles. The SMILES string of the molecule is CNC/C(C)=C/CF. The van der Waals surface area contributed by atoms with E-state index < -0.39 is 0 Å². The summed E-state index contributed by atoms with van der Waals surface area (Å²) in [5.74, 6) is 0. The van der Waals surface area contributed by atoms with E-state index in [1.807, 2.05) is 14.0 Å². The molecule has 48 valence electrons. The van der Waals surface area contributed by atoms with Gasteiger partial charge in [0.1, 0.15) is 6.67 Å². The Hall–Kier alpha value is -0.370. The second-order valence-corrected chi connectivity index (χ2v) is 1.74. The lowest BCUT2D eigenvalue weighted by molar-refractivity contribution is 0.559. The molecule has 0 bridgehead atoms. The van der Waals surface area contributed by atoms with Gasteiger partial charge in [-0.25, -0.2) is 4.39 Å². The maximum atomic E-state index is 11.5. The van der Waals surface area contributed by atoms with Crippen molar-refractivity contribution in [3.8, 4) is 0 Å². The van der Waals surface area contributed by atoms with Gasteiger partial charge in [0, 0.05) is 6.54 Å². The van der Waals surface area contributed by atoms with E-state index in [0.29, 0.717) is 0 Å². The summed E-state index contributed by atoms with van der Waals surface area (Å²) < 4.78 is 11.5. The fourth-order valence-corrected chi connectivity index (χ4v) is 0.483. The van der Waals surface area contributed by atoms with Gasteiger partial charge < -0.3 is 5.32 Å². The molecule has 8 heavy (non-hydrogen) atoms. The van der Waals surface area contributed by atoms with Crippen LogP contribution in [0.15, 0.2) is 11.6 Å². The van der Waals surface area contributed by atoms with Crippen molar-refractivity contribution in [3.63, 3.8) is 0 Å². The molecule has 1 N–H and O–H groups in total. The molecule has 0 aliphatic rings. The van der Waals surface area contributed by atoms with Crippen LogP contribution >= 0.6 is 0 Å². The van der Waals surface area contributed by atoms with Crippen LogP contribution in [0.1, 0.15) is 6.92 Å². The molecule has 0 unspecified atom stereocenters. The smallest absolute Gasteiger partial charge is 0.108 e. The Morgan fingerprint density at radius 2 is 2.38 bits per heavy atom. The van der Waals surface area contributed by atoms with Gasteiger partial charge in [-0.05, 0) is 14.0 Å². The fourth-order valence-electron chi connectivity index (χ4n) is 0.483. The normalized spacial score (nSPS) is 12.1. The molecule has 0 amide bonds. The van der Waals surface area contributed by atoms with Gasteiger partial charge in [0.25, 0.3) is 0 Å². The molecule has 0 aliphatic carbocycles. The summed E-state index contributed by atoms with van der Waals surface area (Å²) >= 11 is 0. The van der Waals surface area contributed by atoms with E-state index in [9.17, 15) is 4.39 Å². The minimum atomic E-state index is -0.354. The number of nitrogens with one attached hydrogen (secondary N) is 1. The van der Waals surface area contributed by atoms with Crippen molar-refractivity contribution in [2.75, 3.05) is 20.3 Å². The summed E-state index contributed by atoms with van der Waals surface area (Å²) in [6.45, 7) is 2.33. The maximum Gasteiger partial charge on any atom is 0.108 e. The lowest BCUT2D eigenvalue weighted by Crippen LogP contribution is -2.08. The zero-order chi connectivity index (χ0) is 6.41. The van der Waals surface area contributed by atoms with E-state index in [2.05, 4.69) is 5.32 Å². The average molecular weight is 117 g/mol. The second kappa shape index (κ2) is 4.78. The zero-order valence-corrected chi connectivity index (χ0v) is 5.37. The molecule has 0 atom stereocenters. The largest absolute Gasteiger partial charge is 0.316 e. The van der Waals surface area contributed by atoms with Crippen molar-refractivity contribution in [2.24, 2.45) is 0 Å². The first kappa shape index (κ1) is 7.63. The summed E-state index contributed by atoms with van der Waals surface area (Å²) in [5, 5.41) is 2.92. The Labute approximate surface area is 49.6 Å². The van der Waals surface area contributed by atoms with Crippen molar-refractivity contribution in [1.29, 1.82) is 0 Å². The van der Waals surface area contributed by atoms with E-state index in [1.54, 1.807) is 6.08 Å². The van der Waals surface area contributed by atoms with Crippen LogP contribution in [0.5, 0.6) is 0 Å². The predicted molar refractivity (Wildman–Crippen MR) is 33.7 cm³/mol. The molecular formula is C6H12FN. The van der Waals surface area contributed by atoms with Gasteiger partial charge >= 0.3 is 0 Å². The number of hydrogen-bond acceptors (Lipinski definition) is 1. The molecule has 2 heteroatoms. The fraction of sp³-hybridized carbons (Fsp3) is 0.667. The molecule has 0 spiro atoms. The Morgan fingerprint density at radius 1 is 1.75 bits per heavy atom. The van der Waals surface area contributed by atoms with Crippen molar-refractivity contribution in [1.82, 2.24) is 5.32 Å². The van der Waals surface area contributed by atoms with Gasteiger partial charge in [-0.15, -0.1) is 0 Å². The summed E-state index contributed by atoms with van der Waals surface area (Å²) in [5.41, 5.74) is 1.05. The van der Waals surface area contributed by atoms with E-state index in [4.69, 9.17) is 0 Å². The zero-order valence-electron chi connectivity index (χ0n) is 5.37. The minimum Gasteiger partial charge on any atom is -0.316 e. The third kappa shape index (κ3) is 3.81. The second-order valence-electron chi connectivity index (χ2n) is 1.74. The highest BCUT2D eigenvalue weighted by Gasteiger charge is 1.82. The molecule has 0 saturated heterocycles. The predicted octanol–water partition coefficient (Wildman–Crippen LogP) is 1.12. The average Bonchev–Trinajstić information content (AvgIpc) is 1.68. The molecule has 0 aliphatic heterocycles. The number of rotatable bonds is 3. The van der Waals surface area contributed by atoms with Gasteiger partial charge in [0.05, 0.1) is 0 Å². The minimum absolute atomic E-state index is 0.354. The van der Waals surface area contributed by atoms with E-state index in [1.165, 1.54) is 0 Å². The van der Waals surface area contributed by atoms with Gasteiger partial charge in [-0.2, -0.15) is 0 Å². The Kier molecular flexibility index (Phi) is 4.56. The lowest BCUT2D eigenvalue weighted by atomic mass is 10.3. The quantitative estimate of drug-likeness (QED) is 0.546. The highest BCUT2D eigenvalue weighted by molar-refractivity contribution is 4.99. The van der Waals surface area contributed by atoms with E-state index in [-0.39, 0.29) is 6.67 Å². The van der Waals surface area contributed by atoms with Gasteiger partial charge in [0.15, 0.2) is 0 Å². The van der Waals surface area contributed by atoms with Crippen molar-refractivity contribution in [3.05, 3.63) is 11.6 Å². The van der Waals surface area contributed by atoms with Crippen LogP contribution in [0, 0.1) is 0 Å². The molecule has 0 aromatic rings. The van der Waals surface area contributed by atoms with Crippen LogP contribution in [0.25, 0.3) is 0 Å². The van der Waals surface area contributed by atoms with Crippen LogP contribution in [-0.4, -0.2) is 20.3 Å². The number of hydrogen-bond donors (Lipinski definition) is 1. The topological polar surface area (TPSA) is 12.0 Å². The Bertz CT molecular complexity index is 78.6. The van der Waals surface area contributed by atoms with Crippen molar-refractivity contribution in [2.45, 2.75) is 6.92 Å². The van der Waals surface area contributed by atoms with E-state index in [0.717, 1.165) is 12.1 Å². The third-order valence-electron chi connectivity index (χ3n) is 0.881. The third-order valence-corrected chi connectivity index (χ3v) is 0.881. The van der Waals surface area contributed by atoms with Crippen LogP contribution in [0.3, 0.4) is 0 Å². The summed E-state index contributed by atoms with van der Waals surface area (Å²) in [4.78, 5) is 0. The standard InChI is InChI=1S/C6H12FN/c1-6(3-4-7)5-8-2/h3,8H,4-5H2,1-2H3/b6-3+. The van der Waals surface area contributed by atoms with E-state index >= 15 is 0 Å². The summed E-state index contributed by atoms with van der Waals surface area (Å²) in [6.07, 6.45) is 1.57. The molecule has 0 heterocycles. The molecule has 0 radical (unpaired) electrons. The lowest BCUT2D eigenvalue weighted by Gasteiger charge is -1.94. The molecule has 0 aromatic carbocycles. The van der Waals surface area contributed by atoms with Crippen LogP contribution in [0.2, 0.25) is 0 Å². The molecule has 1 nitrogen and oxygen atoms in total. The molecule has 0 saturated carbocycles. The molecule has 0 rings (SSSR count). The maximum absolute atomic E-state index is 11.5. The number of alkyl halides is 1. The first-order valence-electron chi connectivity index (χ1n) is 2.67. The highest BCUT2D eigenvalue weighted by Crippen LogP contribution is 1.87. The van der Waals surface area contributed by atoms with Crippen LogP contribution < -0.4 is 5.32 Å². The Morgan fingerprint density at radius 3 is 2.75 bits per heavy atom. The highest BCUT2D eigenvalue weighted by atomic mass is 19.1. The van der Waals surface area contributed by atoms with Crippen LogP contribution in [-0.2, 0) is 0 Å². The van der Waals surface area contributed by atoms with Gasteiger partial charge in [-0.1, -0.05) is 11.6 Å². The first-order chi connectivity index (χ1) is 3.81. The summed E-state index contributed by atoms with van der Waals surface area (Å²) in [7, 11) is 1.84. The first-order valence-corrected chi connectivity index (χ1v) is 2.67. The molecule has 0 fully saturated rings. The van der Waals surface area contributed by atoms with Gasteiger partial charge in [-0.3, -0.25) is 0 Å². The number of likely N-dealkylation sites (N-methyl/N-ethyl adjacent to an activating group) is 1. The van der Waals surface area contributed by atoms with Crippen LogP contribution in [0.4, 0.5) is 4.39 Å². The number of halogens is 1. The number of allylic oxidation sites excluding steroid dienone is 1. The van der Waals surface area contributed by atoms with Crippen molar-refractivity contribution >= 4 is 0 Å².